The molecule has 0 radical (unpaired) electrons. The average molecular weight is 813 g/mol. The molecule has 0 fully saturated rings. The van der Waals surface area contributed by atoms with Gasteiger partial charge in [0.1, 0.15) is 13.2 Å². The molecule has 17 nitrogen and oxygen atoms in total. The van der Waals surface area contributed by atoms with Crippen LogP contribution in [0.25, 0.3) is 0 Å². The first-order chi connectivity index (χ1) is 28.2. The lowest BCUT2D eigenvalue weighted by molar-refractivity contribution is -0.0274. The minimum absolute atomic E-state index is 0.233. The highest BCUT2D eigenvalue weighted by molar-refractivity contribution is 5.67. The number of hydrogen-bond acceptors (Lipinski definition) is 15. The minimum Gasteiger partial charge on any atom is -0.445 e. The molecular formula is C40H64N2O15. The lowest BCUT2D eigenvalue weighted by Gasteiger charge is -2.09. The molecule has 0 bridgehead atoms. The van der Waals surface area contributed by atoms with Gasteiger partial charge in [-0.2, -0.15) is 0 Å². The normalized spacial score (nSPS) is 11.1. The van der Waals surface area contributed by atoms with Gasteiger partial charge < -0.3 is 72.2 Å². The number of alkyl carbamates (subject to hydrolysis) is 2. The second-order valence-corrected chi connectivity index (χ2v) is 11.7. The van der Waals surface area contributed by atoms with Gasteiger partial charge in [0.25, 0.3) is 0 Å². The summed E-state index contributed by atoms with van der Waals surface area (Å²) in [6.45, 7) is 11.3. The van der Waals surface area contributed by atoms with Crippen LogP contribution in [-0.4, -0.2) is 171 Å². The lowest BCUT2D eigenvalue weighted by atomic mass is 10.2. The number of carbonyl (C=O) groups is 2. The van der Waals surface area contributed by atoms with Gasteiger partial charge in [0.05, 0.1) is 145 Å². The highest BCUT2D eigenvalue weighted by atomic mass is 16.6. The molecule has 0 aliphatic carbocycles. The van der Waals surface area contributed by atoms with Gasteiger partial charge in [-0.15, -0.1) is 0 Å². The number of rotatable bonds is 40. The molecule has 2 N–H and O–H groups in total. The maximum absolute atomic E-state index is 11.7. The smallest absolute Gasteiger partial charge is 0.407 e. The van der Waals surface area contributed by atoms with Gasteiger partial charge in [-0.05, 0) is 11.1 Å². The maximum atomic E-state index is 11.7. The fraction of sp³-hybridized carbons (Fsp3) is 0.650. The van der Waals surface area contributed by atoms with Crippen LogP contribution in [0.5, 0.6) is 0 Å². The van der Waals surface area contributed by atoms with E-state index in [1.807, 2.05) is 60.7 Å². The molecule has 0 saturated carbocycles. The van der Waals surface area contributed by atoms with Gasteiger partial charge >= 0.3 is 12.2 Å². The Morgan fingerprint density at radius 2 is 0.526 bits per heavy atom. The van der Waals surface area contributed by atoms with Gasteiger partial charge in [0, 0.05) is 13.1 Å². The number of carbonyl (C=O) groups excluding carboxylic acids is 2. The van der Waals surface area contributed by atoms with Gasteiger partial charge in [-0.1, -0.05) is 60.7 Å². The van der Waals surface area contributed by atoms with E-state index >= 15 is 0 Å². The van der Waals surface area contributed by atoms with Crippen molar-refractivity contribution in [3.8, 4) is 0 Å². The summed E-state index contributed by atoms with van der Waals surface area (Å²) in [5, 5.41) is 5.28. The Kier molecular flexibility index (Phi) is 34.3. The van der Waals surface area contributed by atoms with E-state index in [-0.39, 0.29) is 13.2 Å². The number of ether oxygens (including phenoxy) is 13. The summed E-state index contributed by atoms with van der Waals surface area (Å²) in [6.07, 6.45) is -0.948. The summed E-state index contributed by atoms with van der Waals surface area (Å²) in [5.74, 6) is 0. The first kappa shape index (κ1) is 49.7. The third-order valence-electron chi connectivity index (χ3n) is 7.18. The largest absolute Gasteiger partial charge is 0.445 e. The zero-order valence-electron chi connectivity index (χ0n) is 33.3. The zero-order chi connectivity index (χ0) is 40.4. The summed E-state index contributed by atoms with van der Waals surface area (Å²) in [4.78, 5) is 23.3. The molecule has 0 aliphatic heterocycles. The predicted octanol–water partition coefficient (Wildman–Crippen LogP) is 3.02. The van der Waals surface area contributed by atoms with E-state index in [1.54, 1.807) is 0 Å². The summed E-state index contributed by atoms with van der Waals surface area (Å²) >= 11 is 0. The SMILES string of the molecule is O=C(NCCOCCOCCOCCOCCOCCOCCOCCOCCOCCOCCOCCNC(=O)OCc1ccccc1)OCc1ccccc1. The van der Waals surface area contributed by atoms with Gasteiger partial charge in [-0.3, -0.25) is 0 Å². The van der Waals surface area contributed by atoms with E-state index in [9.17, 15) is 9.59 Å². The van der Waals surface area contributed by atoms with Crippen molar-refractivity contribution in [3.05, 3.63) is 71.8 Å². The highest BCUT2D eigenvalue weighted by Crippen LogP contribution is 2.01. The van der Waals surface area contributed by atoms with Crippen LogP contribution in [0.15, 0.2) is 60.7 Å². The summed E-state index contributed by atoms with van der Waals surface area (Å²) in [5.41, 5.74) is 1.87. The van der Waals surface area contributed by atoms with Crippen LogP contribution in [0.4, 0.5) is 9.59 Å². The summed E-state index contributed by atoms with van der Waals surface area (Å²) in [7, 11) is 0. The van der Waals surface area contributed by atoms with Crippen molar-refractivity contribution in [1.29, 1.82) is 0 Å². The van der Waals surface area contributed by atoms with Crippen molar-refractivity contribution in [3.63, 3.8) is 0 Å². The van der Waals surface area contributed by atoms with E-state index in [4.69, 9.17) is 61.6 Å². The molecule has 0 saturated heterocycles. The second-order valence-electron chi connectivity index (χ2n) is 11.7. The van der Waals surface area contributed by atoms with Crippen LogP contribution in [0, 0.1) is 0 Å². The molecule has 0 atom stereocenters. The number of benzene rings is 2. The van der Waals surface area contributed by atoms with Crippen LogP contribution >= 0.6 is 0 Å². The van der Waals surface area contributed by atoms with Crippen molar-refractivity contribution < 1.29 is 71.2 Å². The molecule has 0 spiro atoms. The van der Waals surface area contributed by atoms with E-state index in [0.29, 0.717) is 158 Å². The van der Waals surface area contributed by atoms with Gasteiger partial charge in [0.2, 0.25) is 0 Å². The van der Waals surface area contributed by atoms with E-state index in [1.165, 1.54) is 0 Å². The molecule has 17 heteroatoms. The molecule has 324 valence electrons. The fourth-order valence-corrected chi connectivity index (χ4v) is 4.30. The molecule has 0 unspecified atom stereocenters. The first-order valence-corrected chi connectivity index (χ1v) is 19.5. The van der Waals surface area contributed by atoms with Crippen LogP contribution < -0.4 is 10.6 Å². The predicted molar refractivity (Wildman–Crippen MR) is 208 cm³/mol. The molecular weight excluding hydrogens is 748 g/mol. The number of hydrogen-bond donors (Lipinski definition) is 2. The Labute approximate surface area is 337 Å². The Balaban J connectivity index is 1.14. The number of nitrogens with one attached hydrogen (secondary N) is 2. The third-order valence-corrected chi connectivity index (χ3v) is 7.18. The monoisotopic (exact) mass is 812 g/mol. The molecule has 2 aromatic carbocycles. The van der Waals surface area contributed by atoms with E-state index in [0.717, 1.165) is 11.1 Å². The number of amides is 2. The highest BCUT2D eigenvalue weighted by Gasteiger charge is 2.03. The van der Waals surface area contributed by atoms with Gasteiger partial charge in [-0.25, -0.2) is 9.59 Å². The Hall–Kier alpha value is -3.46. The Morgan fingerprint density at radius 1 is 0.316 bits per heavy atom. The van der Waals surface area contributed by atoms with Crippen molar-refractivity contribution in [1.82, 2.24) is 10.6 Å². The molecule has 0 aliphatic rings. The topological polar surface area (TPSA) is 178 Å². The standard InChI is InChI=1S/C40H64N2O15/c43-39(56-35-37-7-3-1-4-8-37)41-11-13-45-15-17-47-19-21-49-23-25-51-27-29-53-31-33-55-34-32-54-30-28-52-26-24-50-22-20-48-18-16-46-14-12-42-40(44)57-36-38-9-5-2-6-10-38/h1-10H,11-36H2,(H,41,43)(H,42,44). The van der Waals surface area contributed by atoms with Gasteiger partial charge in [0.15, 0.2) is 0 Å². The quantitative estimate of drug-likeness (QED) is 0.0939. The molecule has 57 heavy (non-hydrogen) atoms. The van der Waals surface area contributed by atoms with Crippen LogP contribution in [0.3, 0.4) is 0 Å². The van der Waals surface area contributed by atoms with Crippen LogP contribution in [0.1, 0.15) is 11.1 Å². The lowest BCUT2D eigenvalue weighted by Crippen LogP contribution is -2.28. The maximum Gasteiger partial charge on any atom is 0.407 e. The molecule has 2 rings (SSSR count). The fourth-order valence-electron chi connectivity index (χ4n) is 4.30. The van der Waals surface area contributed by atoms with Crippen molar-refractivity contribution >= 4 is 12.2 Å². The van der Waals surface area contributed by atoms with Crippen molar-refractivity contribution in [2.75, 3.05) is 158 Å². The molecule has 2 amide bonds. The third kappa shape index (κ3) is 34.3. The molecule has 0 aromatic heterocycles. The first-order valence-electron chi connectivity index (χ1n) is 19.5. The van der Waals surface area contributed by atoms with E-state index < -0.39 is 12.2 Å². The van der Waals surface area contributed by atoms with Crippen molar-refractivity contribution in [2.45, 2.75) is 13.2 Å². The Bertz CT molecular complexity index is 1080. The van der Waals surface area contributed by atoms with Crippen LogP contribution in [0.2, 0.25) is 0 Å². The van der Waals surface area contributed by atoms with Crippen LogP contribution in [-0.2, 0) is 74.8 Å². The summed E-state index contributed by atoms with van der Waals surface area (Å²) < 4.78 is 70.4. The molecule has 2 aromatic rings. The van der Waals surface area contributed by atoms with Crippen molar-refractivity contribution in [2.24, 2.45) is 0 Å². The minimum atomic E-state index is -0.474. The second kappa shape index (κ2) is 39.4. The Morgan fingerprint density at radius 3 is 0.754 bits per heavy atom. The molecule has 0 heterocycles. The zero-order valence-corrected chi connectivity index (χ0v) is 33.3. The average Bonchev–Trinajstić information content (AvgIpc) is 3.24. The summed E-state index contributed by atoms with van der Waals surface area (Å²) in [6, 6.07) is 19.0. The van der Waals surface area contributed by atoms with E-state index in [2.05, 4.69) is 10.6 Å².